The average Bonchev–Trinajstić information content (AvgIpc) is 2.84. The summed E-state index contributed by atoms with van der Waals surface area (Å²) < 4.78 is 5.30. The van der Waals surface area contributed by atoms with Gasteiger partial charge in [0.2, 0.25) is 5.91 Å². The van der Waals surface area contributed by atoms with Crippen molar-refractivity contribution in [3.8, 4) is 0 Å². The van der Waals surface area contributed by atoms with Gasteiger partial charge in [-0.15, -0.1) is 11.3 Å². The molecule has 1 aromatic rings. The van der Waals surface area contributed by atoms with E-state index in [0.29, 0.717) is 4.88 Å². The van der Waals surface area contributed by atoms with Gasteiger partial charge >= 0.3 is 5.97 Å². The fourth-order valence-corrected chi connectivity index (χ4v) is 2.60. The molecule has 1 atom stereocenters. The van der Waals surface area contributed by atoms with Crippen LogP contribution in [0.25, 0.3) is 0 Å². The molecule has 0 aromatic carbocycles. The largest absolute Gasteiger partial charge is 0.469 e. The molecule has 0 spiro atoms. The molecule has 6 nitrogen and oxygen atoms in total. The van der Waals surface area contributed by atoms with Crippen LogP contribution in [0.5, 0.6) is 0 Å². The van der Waals surface area contributed by atoms with Crippen molar-refractivity contribution in [1.29, 1.82) is 0 Å². The van der Waals surface area contributed by atoms with Gasteiger partial charge in [0.15, 0.2) is 0 Å². The highest BCUT2D eigenvalue weighted by Crippen LogP contribution is 2.21. The second-order valence-electron chi connectivity index (χ2n) is 3.92. The average molecular weight is 363 g/mol. The molecule has 0 fully saturated rings. The van der Waals surface area contributed by atoms with Crippen molar-refractivity contribution >= 4 is 45.1 Å². The van der Waals surface area contributed by atoms with Gasteiger partial charge in [-0.25, -0.2) is 0 Å². The molecule has 1 aromatic heterocycles. The Morgan fingerprint density at radius 2 is 2.10 bits per heavy atom. The molecule has 0 aliphatic rings. The predicted molar refractivity (Wildman–Crippen MR) is 78.6 cm³/mol. The standard InChI is InChI=1S/C12H15BrN2O4S/c1-7(11(17)14-6-5-10(16)19-2)15-12(18)8-3-4-9(13)20-8/h3-4,7H,5-6H2,1-2H3,(H,14,17)(H,15,18)/t7-/m1/s1. The molecule has 0 aliphatic heterocycles. The van der Waals surface area contributed by atoms with E-state index in [1.54, 1.807) is 19.1 Å². The van der Waals surface area contributed by atoms with Crippen LogP contribution in [0.4, 0.5) is 0 Å². The number of hydrogen-bond acceptors (Lipinski definition) is 5. The van der Waals surface area contributed by atoms with Crippen molar-refractivity contribution in [2.75, 3.05) is 13.7 Å². The zero-order valence-corrected chi connectivity index (χ0v) is 13.5. The van der Waals surface area contributed by atoms with E-state index in [0.717, 1.165) is 3.79 Å². The van der Waals surface area contributed by atoms with Gasteiger partial charge in [0, 0.05) is 6.54 Å². The van der Waals surface area contributed by atoms with Crippen molar-refractivity contribution in [3.63, 3.8) is 0 Å². The topological polar surface area (TPSA) is 84.5 Å². The first kappa shape index (κ1) is 16.6. The van der Waals surface area contributed by atoms with Crippen molar-refractivity contribution in [2.24, 2.45) is 0 Å². The first-order chi connectivity index (χ1) is 9.43. The smallest absolute Gasteiger partial charge is 0.307 e. The number of ether oxygens (including phenoxy) is 1. The van der Waals surface area contributed by atoms with Gasteiger partial charge in [0.05, 0.1) is 22.2 Å². The molecule has 0 aliphatic carbocycles. The van der Waals surface area contributed by atoms with Gasteiger partial charge in [0.1, 0.15) is 6.04 Å². The molecule has 0 bridgehead atoms. The first-order valence-electron chi connectivity index (χ1n) is 5.84. The summed E-state index contributed by atoms with van der Waals surface area (Å²) in [6.45, 7) is 1.75. The summed E-state index contributed by atoms with van der Waals surface area (Å²) in [5, 5.41) is 5.13. The van der Waals surface area contributed by atoms with E-state index in [9.17, 15) is 14.4 Å². The molecule has 2 amide bonds. The molecule has 0 saturated heterocycles. The van der Waals surface area contributed by atoms with Crippen LogP contribution in [-0.4, -0.2) is 37.5 Å². The number of amides is 2. The number of rotatable bonds is 6. The number of thiophene rings is 1. The zero-order valence-electron chi connectivity index (χ0n) is 11.1. The minimum absolute atomic E-state index is 0.0980. The lowest BCUT2D eigenvalue weighted by Gasteiger charge is -2.13. The molecule has 2 N–H and O–H groups in total. The third kappa shape index (κ3) is 5.30. The summed E-state index contributed by atoms with van der Waals surface area (Å²) in [7, 11) is 1.28. The van der Waals surface area contributed by atoms with Crippen LogP contribution < -0.4 is 10.6 Å². The Morgan fingerprint density at radius 1 is 1.40 bits per heavy atom. The van der Waals surface area contributed by atoms with Crippen molar-refractivity contribution in [1.82, 2.24) is 10.6 Å². The minimum Gasteiger partial charge on any atom is -0.469 e. The van der Waals surface area contributed by atoms with Crippen molar-refractivity contribution < 1.29 is 19.1 Å². The number of hydrogen-bond donors (Lipinski definition) is 2. The summed E-state index contributed by atoms with van der Waals surface area (Å²) in [5.41, 5.74) is 0. The van der Waals surface area contributed by atoms with Crippen molar-refractivity contribution in [3.05, 3.63) is 20.8 Å². The van der Waals surface area contributed by atoms with Crippen molar-refractivity contribution in [2.45, 2.75) is 19.4 Å². The Kier molecular flexibility index (Phi) is 6.66. The van der Waals surface area contributed by atoms with Crippen LogP contribution in [0.1, 0.15) is 23.0 Å². The third-order valence-electron chi connectivity index (χ3n) is 2.39. The maximum atomic E-state index is 11.8. The van der Waals surface area contributed by atoms with E-state index in [4.69, 9.17) is 0 Å². The highest BCUT2D eigenvalue weighted by molar-refractivity contribution is 9.11. The molecule has 0 radical (unpaired) electrons. The number of carbonyl (C=O) groups excluding carboxylic acids is 3. The third-order valence-corrected chi connectivity index (χ3v) is 4.02. The maximum absolute atomic E-state index is 11.8. The van der Waals surface area contributed by atoms with Crippen LogP contribution in [0.3, 0.4) is 0 Å². The minimum atomic E-state index is -0.680. The molecular weight excluding hydrogens is 348 g/mol. The van der Waals surface area contributed by atoms with E-state index in [1.165, 1.54) is 18.4 Å². The highest BCUT2D eigenvalue weighted by Gasteiger charge is 2.17. The SMILES string of the molecule is COC(=O)CCNC(=O)[C@@H](C)NC(=O)c1ccc(Br)s1. The van der Waals surface area contributed by atoms with Crippen LogP contribution in [0.15, 0.2) is 15.9 Å². The predicted octanol–water partition coefficient (Wildman–Crippen LogP) is 1.31. The molecule has 1 rings (SSSR count). The fourth-order valence-electron chi connectivity index (χ4n) is 1.31. The van der Waals surface area contributed by atoms with Gasteiger partial charge in [0.25, 0.3) is 5.91 Å². The summed E-state index contributed by atoms with van der Waals surface area (Å²) in [6.07, 6.45) is 0.0980. The summed E-state index contributed by atoms with van der Waals surface area (Å²) in [6, 6.07) is 2.76. The van der Waals surface area contributed by atoms with Crippen LogP contribution >= 0.6 is 27.3 Å². The Balaban J connectivity index is 2.38. The van der Waals surface area contributed by atoms with Crippen LogP contribution in [-0.2, 0) is 14.3 Å². The Hall–Kier alpha value is -1.41. The normalized spacial score (nSPS) is 11.6. The van der Waals surface area contributed by atoms with Crippen LogP contribution in [0, 0.1) is 0 Å². The molecule has 20 heavy (non-hydrogen) atoms. The lowest BCUT2D eigenvalue weighted by molar-refractivity contribution is -0.140. The number of halogens is 1. The van der Waals surface area contributed by atoms with Gasteiger partial charge in [-0.2, -0.15) is 0 Å². The second-order valence-corrected chi connectivity index (χ2v) is 6.38. The number of methoxy groups -OCH3 is 1. The Morgan fingerprint density at radius 3 is 2.65 bits per heavy atom. The number of esters is 1. The Labute approximate surface area is 129 Å². The lowest BCUT2D eigenvalue weighted by Crippen LogP contribution is -2.45. The lowest BCUT2D eigenvalue weighted by atomic mass is 10.3. The molecule has 0 saturated carbocycles. The van der Waals surface area contributed by atoms with E-state index >= 15 is 0 Å². The van der Waals surface area contributed by atoms with Gasteiger partial charge < -0.3 is 15.4 Å². The summed E-state index contributed by atoms with van der Waals surface area (Å²) in [4.78, 5) is 34.9. The van der Waals surface area contributed by atoms with E-state index in [1.807, 2.05) is 0 Å². The first-order valence-corrected chi connectivity index (χ1v) is 7.45. The summed E-state index contributed by atoms with van der Waals surface area (Å²) in [5.74, 6) is -1.06. The molecule has 0 unspecified atom stereocenters. The zero-order chi connectivity index (χ0) is 15.1. The van der Waals surface area contributed by atoms with Crippen LogP contribution in [0.2, 0.25) is 0 Å². The molecule has 8 heteroatoms. The number of nitrogens with one attached hydrogen (secondary N) is 2. The Bertz CT molecular complexity index is 503. The van der Waals surface area contributed by atoms with E-state index < -0.39 is 12.0 Å². The highest BCUT2D eigenvalue weighted by atomic mass is 79.9. The maximum Gasteiger partial charge on any atom is 0.307 e. The van der Waals surface area contributed by atoms with Gasteiger partial charge in [-0.3, -0.25) is 14.4 Å². The molecule has 110 valence electrons. The monoisotopic (exact) mass is 362 g/mol. The quantitative estimate of drug-likeness (QED) is 0.747. The fraction of sp³-hybridized carbons (Fsp3) is 0.417. The summed E-state index contributed by atoms with van der Waals surface area (Å²) >= 11 is 4.55. The van der Waals surface area contributed by atoms with Gasteiger partial charge in [-0.1, -0.05) is 0 Å². The van der Waals surface area contributed by atoms with E-state index in [2.05, 4.69) is 31.3 Å². The van der Waals surface area contributed by atoms with E-state index in [-0.39, 0.29) is 24.8 Å². The number of carbonyl (C=O) groups is 3. The molecule has 1 heterocycles. The second kappa shape index (κ2) is 8.01. The van der Waals surface area contributed by atoms with Gasteiger partial charge in [-0.05, 0) is 35.0 Å². The molecular formula is C12H15BrN2O4S.